The van der Waals surface area contributed by atoms with Crippen LogP contribution in [-0.2, 0) is 24.1 Å². The van der Waals surface area contributed by atoms with Crippen LogP contribution in [0, 0.1) is 0 Å². The molecule has 1 aromatic rings. The summed E-state index contributed by atoms with van der Waals surface area (Å²) in [4.78, 5) is 11.6. The largest absolute Gasteiger partial charge is 0.455 e. The lowest BCUT2D eigenvalue weighted by Gasteiger charge is -2.09. The van der Waals surface area contributed by atoms with E-state index < -0.39 is 12.0 Å². The molecule has 0 unspecified atom stereocenters. The van der Waals surface area contributed by atoms with Crippen LogP contribution in [0.5, 0.6) is 0 Å². The van der Waals surface area contributed by atoms with E-state index in [0.717, 1.165) is 0 Å². The number of halogens is 3. The van der Waals surface area contributed by atoms with Gasteiger partial charge in [-0.25, -0.2) is 0 Å². The molecule has 0 radical (unpaired) electrons. The SMILES string of the molecule is CCOCCCn1nc(CC)c(C(=O)C(F)(F)F)c1CC. The van der Waals surface area contributed by atoms with E-state index in [1.807, 2.05) is 6.92 Å². The van der Waals surface area contributed by atoms with Crippen molar-refractivity contribution in [3.05, 3.63) is 17.0 Å². The van der Waals surface area contributed by atoms with Gasteiger partial charge in [0, 0.05) is 25.5 Å². The summed E-state index contributed by atoms with van der Waals surface area (Å²) in [5.74, 6) is -1.80. The molecule has 0 aliphatic rings. The molecule has 0 saturated carbocycles. The third-order valence-corrected chi connectivity index (χ3v) is 3.15. The third kappa shape index (κ3) is 4.30. The molecule has 0 bridgehead atoms. The zero-order valence-corrected chi connectivity index (χ0v) is 12.6. The Hall–Kier alpha value is -1.37. The molecule has 7 heteroatoms. The van der Waals surface area contributed by atoms with Crippen LogP contribution in [0.3, 0.4) is 0 Å². The van der Waals surface area contributed by atoms with Crippen molar-refractivity contribution >= 4 is 5.78 Å². The van der Waals surface area contributed by atoms with Crippen LogP contribution in [0.4, 0.5) is 13.2 Å². The highest BCUT2D eigenvalue weighted by atomic mass is 19.4. The van der Waals surface area contributed by atoms with Crippen LogP contribution in [-0.4, -0.2) is 35.0 Å². The standard InChI is InChI=1S/C14H21F3N2O2/c1-4-10-12(13(20)14(15,16)17)11(5-2)19(18-10)8-7-9-21-6-3/h4-9H2,1-3H3. The highest BCUT2D eigenvalue weighted by molar-refractivity contribution is 6.02. The van der Waals surface area contributed by atoms with Gasteiger partial charge in [0.15, 0.2) is 0 Å². The van der Waals surface area contributed by atoms with Crippen molar-refractivity contribution in [1.82, 2.24) is 9.78 Å². The number of carbonyl (C=O) groups excluding carboxylic acids is 1. The van der Waals surface area contributed by atoms with E-state index in [2.05, 4.69) is 5.10 Å². The van der Waals surface area contributed by atoms with Crippen molar-refractivity contribution in [3.63, 3.8) is 0 Å². The quantitative estimate of drug-likeness (QED) is 0.547. The summed E-state index contributed by atoms with van der Waals surface area (Å²) in [6.07, 6.45) is -3.60. The fraction of sp³-hybridized carbons (Fsp3) is 0.714. The number of hydrogen-bond acceptors (Lipinski definition) is 3. The lowest BCUT2D eigenvalue weighted by atomic mass is 10.0. The van der Waals surface area contributed by atoms with E-state index in [4.69, 9.17) is 4.74 Å². The van der Waals surface area contributed by atoms with Crippen molar-refractivity contribution < 1.29 is 22.7 Å². The first-order valence-electron chi connectivity index (χ1n) is 7.14. The number of hydrogen-bond donors (Lipinski definition) is 0. The minimum absolute atomic E-state index is 0.214. The second-order valence-electron chi connectivity index (χ2n) is 4.58. The molecule has 0 amide bonds. The summed E-state index contributed by atoms with van der Waals surface area (Å²) >= 11 is 0. The highest BCUT2D eigenvalue weighted by Gasteiger charge is 2.42. The topological polar surface area (TPSA) is 44.1 Å². The molecule has 21 heavy (non-hydrogen) atoms. The average Bonchev–Trinajstić information content (AvgIpc) is 2.79. The smallest absolute Gasteiger partial charge is 0.382 e. The summed E-state index contributed by atoms with van der Waals surface area (Å²) in [5.41, 5.74) is 0.292. The normalized spacial score (nSPS) is 11.9. The Kier molecular flexibility index (Phi) is 6.39. The molecule has 1 aromatic heterocycles. The number of ketones is 1. The number of aryl methyl sites for hydroxylation is 2. The average molecular weight is 306 g/mol. The molecule has 0 aliphatic heterocycles. The minimum Gasteiger partial charge on any atom is -0.382 e. The Morgan fingerprint density at radius 1 is 1.24 bits per heavy atom. The van der Waals surface area contributed by atoms with Gasteiger partial charge >= 0.3 is 6.18 Å². The first-order valence-corrected chi connectivity index (χ1v) is 7.14. The van der Waals surface area contributed by atoms with Crippen LogP contribution in [0.1, 0.15) is 48.9 Å². The lowest BCUT2D eigenvalue weighted by Crippen LogP contribution is -2.25. The summed E-state index contributed by atoms with van der Waals surface area (Å²) in [6.45, 7) is 6.85. The zero-order valence-electron chi connectivity index (χ0n) is 12.6. The van der Waals surface area contributed by atoms with Gasteiger partial charge in [0.25, 0.3) is 5.78 Å². The number of alkyl halides is 3. The van der Waals surface area contributed by atoms with Crippen LogP contribution < -0.4 is 0 Å². The van der Waals surface area contributed by atoms with Gasteiger partial charge in [-0.2, -0.15) is 18.3 Å². The van der Waals surface area contributed by atoms with Crippen LogP contribution in [0.15, 0.2) is 0 Å². The molecule has 1 rings (SSSR count). The molecule has 0 N–H and O–H groups in total. The van der Waals surface area contributed by atoms with E-state index in [0.29, 0.717) is 44.7 Å². The number of Topliss-reactive ketones (excluding diaryl/α,β-unsaturated/α-hetero) is 1. The fourth-order valence-corrected chi connectivity index (χ4v) is 2.21. The Morgan fingerprint density at radius 2 is 1.90 bits per heavy atom. The predicted molar refractivity (Wildman–Crippen MR) is 72.5 cm³/mol. The Morgan fingerprint density at radius 3 is 2.38 bits per heavy atom. The summed E-state index contributed by atoms with van der Waals surface area (Å²) < 4.78 is 44.9. The molecule has 0 spiro atoms. The number of rotatable bonds is 8. The fourth-order valence-electron chi connectivity index (χ4n) is 2.21. The maximum Gasteiger partial charge on any atom is 0.455 e. The number of carbonyl (C=O) groups is 1. The van der Waals surface area contributed by atoms with Crippen LogP contribution in [0.25, 0.3) is 0 Å². The van der Waals surface area contributed by atoms with Crippen molar-refractivity contribution in [2.45, 2.75) is 52.8 Å². The minimum atomic E-state index is -4.87. The Labute approximate surface area is 122 Å². The maximum atomic E-state index is 12.7. The van der Waals surface area contributed by atoms with Gasteiger partial charge in [0.2, 0.25) is 0 Å². The third-order valence-electron chi connectivity index (χ3n) is 3.15. The van der Waals surface area contributed by atoms with Gasteiger partial charge in [-0.1, -0.05) is 13.8 Å². The molecule has 0 fully saturated rings. The lowest BCUT2D eigenvalue weighted by molar-refractivity contribution is -0.0886. The first-order chi connectivity index (χ1) is 9.86. The first kappa shape index (κ1) is 17.7. The Balaban J connectivity index is 3.07. The Bertz CT molecular complexity index is 481. The van der Waals surface area contributed by atoms with E-state index in [9.17, 15) is 18.0 Å². The zero-order chi connectivity index (χ0) is 16.0. The maximum absolute atomic E-state index is 12.7. The predicted octanol–water partition coefficient (Wildman–Crippen LogP) is 3.18. The van der Waals surface area contributed by atoms with Gasteiger partial charge in [0.1, 0.15) is 0 Å². The molecule has 0 aromatic carbocycles. The second kappa shape index (κ2) is 7.59. The number of ether oxygens (including phenoxy) is 1. The summed E-state index contributed by atoms with van der Waals surface area (Å²) in [7, 11) is 0. The number of aromatic nitrogens is 2. The molecule has 1 heterocycles. The van der Waals surface area contributed by atoms with Gasteiger partial charge in [-0.15, -0.1) is 0 Å². The second-order valence-corrected chi connectivity index (χ2v) is 4.58. The van der Waals surface area contributed by atoms with Gasteiger partial charge in [-0.3, -0.25) is 9.48 Å². The summed E-state index contributed by atoms with van der Waals surface area (Å²) in [6, 6.07) is 0. The highest BCUT2D eigenvalue weighted by Crippen LogP contribution is 2.27. The van der Waals surface area contributed by atoms with E-state index in [-0.39, 0.29) is 11.3 Å². The number of nitrogens with zero attached hydrogens (tertiary/aromatic N) is 2. The molecule has 0 saturated heterocycles. The van der Waals surface area contributed by atoms with E-state index >= 15 is 0 Å². The van der Waals surface area contributed by atoms with Crippen molar-refractivity contribution in [3.8, 4) is 0 Å². The van der Waals surface area contributed by atoms with Crippen molar-refractivity contribution in [2.24, 2.45) is 0 Å². The van der Waals surface area contributed by atoms with Gasteiger partial charge in [-0.05, 0) is 26.2 Å². The van der Waals surface area contributed by atoms with Crippen LogP contribution >= 0.6 is 0 Å². The molecular formula is C14H21F3N2O2. The van der Waals surface area contributed by atoms with Crippen LogP contribution in [0.2, 0.25) is 0 Å². The molecule has 0 atom stereocenters. The molecule has 120 valence electrons. The molecule has 0 aliphatic carbocycles. The monoisotopic (exact) mass is 306 g/mol. The van der Waals surface area contributed by atoms with Crippen molar-refractivity contribution in [1.29, 1.82) is 0 Å². The molecule has 4 nitrogen and oxygen atoms in total. The van der Waals surface area contributed by atoms with Crippen molar-refractivity contribution in [2.75, 3.05) is 13.2 Å². The van der Waals surface area contributed by atoms with Gasteiger partial charge in [0.05, 0.1) is 11.3 Å². The molecular weight excluding hydrogens is 285 g/mol. The van der Waals surface area contributed by atoms with E-state index in [1.54, 1.807) is 13.8 Å². The van der Waals surface area contributed by atoms with Gasteiger partial charge < -0.3 is 4.74 Å². The summed E-state index contributed by atoms with van der Waals surface area (Å²) in [5, 5.41) is 4.17. The van der Waals surface area contributed by atoms with E-state index in [1.165, 1.54) is 4.68 Å².